The molecule has 4 rings (SSSR count). The zero-order chi connectivity index (χ0) is 24.2. The van der Waals surface area contributed by atoms with Crippen molar-refractivity contribution in [2.45, 2.75) is 32.6 Å². The highest BCUT2D eigenvalue weighted by molar-refractivity contribution is 5.79. The molecule has 1 aliphatic carbocycles. The number of alkyl carbamates (subject to hydrolysis) is 1. The summed E-state index contributed by atoms with van der Waals surface area (Å²) in [5.74, 6) is -0.701. The van der Waals surface area contributed by atoms with Crippen LogP contribution < -0.4 is 5.32 Å². The summed E-state index contributed by atoms with van der Waals surface area (Å²) in [6.07, 6.45) is -0.0996. The first kappa shape index (κ1) is 23.8. The van der Waals surface area contributed by atoms with Gasteiger partial charge in [-0.05, 0) is 40.0 Å². The maximum Gasteiger partial charge on any atom is 0.407 e. The predicted octanol–water partition coefficient (Wildman–Crippen LogP) is 4.12. The van der Waals surface area contributed by atoms with Gasteiger partial charge < -0.3 is 20.1 Å². The summed E-state index contributed by atoms with van der Waals surface area (Å²) in [7, 11) is 0. The molecule has 1 aliphatic heterocycles. The lowest BCUT2D eigenvalue weighted by molar-refractivity contribution is -0.138. The van der Waals surface area contributed by atoms with Crippen LogP contribution in [-0.4, -0.2) is 54.2 Å². The first-order valence-electron chi connectivity index (χ1n) is 11.9. The van der Waals surface area contributed by atoms with Crippen LogP contribution in [-0.2, 0) is 14.3 Å². The van der Waals surface area contributed by atoms with Gasteiger partial charge in [-0.1, -0.05) is 62.4 Å². The number of fused-ring (bicyclic) bond motifs is 3. The van der Waals surface area contributed by atoms with Gasteiger partial charge in [0.15, 0.2) is 0 Å². The van der Waals surface area contributed by atoms with Crippen LogP contribution in [0.1, 0.15) is 43.7 Å². The van der Waals surface area contributed by atoms with Crippen LogP contribution in [0.2, 0.25) is 0 Å². The number of benzene rings is 2. The van der Waals surface area contributed by atoms with Gasteiger partial charge in [0.05, 0.1) is 6.42 Å². The van der Waals surface area contributed by atoms with Crippen LogP contribution >= 0.6 is 0 Å². The van der Waals surface area contributed by atoms with Gasteiger partial charge in [0, 0.05) is 32.0 Å². The molecule has 0 bridgehead atoms. The molecule has 0 spiro atoms. The topological polar surface area (TPSA) is 95.9 Å². The highest BCUT2D eigenvalue weighted by Crippen LogP contribution is 2.44. The maximum atomic E-state index is 12.6. The van der Waals surface area contributed by atoms with E-state index < -0.39 is 12.1 Å². The Bertz CT molecular complexity index is 1020. The summed E-state index contributed by atoms with van der Waals surface area (Å²) in [6.45, 7) is 5.56. The number of ether oxygens (including phenoxy) is 1. The van der Waals surface area contributed by atoms with Crippen molar-refractivity contribution in [3.05, 3.63) is 59.7 Å². The SMILES string of the molecule is CC(CNC(=O)OCC1c2ccccc2-c2ccccc21)CC(=O)N1CC(C)C(CC(=O)O)C1. The van der Waals surface area contributed by atoms with E-state index in [2.05, 4.69) is 29.6 Å². The highest BCUT2D eigenvalue weighted by Gasteiger charge is 2.34. The molecule has 2 N–H and O–H groups in total. The zero-order valence-corrected chi connectivity index (χ0v) is 19.7. The number of rotatable bonds is 8. The van der Waals surface area contributed by atoms with Crippen LogP contribution in [0, 0.1) is 17.8 Å². The second-order valence-electron chi connectivity index (χ2n) is 9.65. The second-order valence-corrected chi connectivity index (χ2v) is 9.65. The number of likely N-dealkylation sites (tertiary alicyclic amines) is 1. The minimum Gasteiger partial charge on any atom is -0.481 e. The number of nitrogens with zero attached hydrogens (tertiary/aromatic N) is 1. The molecular formula is C27H32N2O5. The third-order valence-corrected chi connectivity index (χ3v) is 7.02. The molecular weight excluding hydrogens is 432 g/mol. The van der Waals surface area contributed by atoms with Crippen LogP contribution in [0.15, 0.2) is 48.5 Å². The summed E-state index contributed by atoms with van der Waals surface area (Å²) in [6, 6.07) is 16.4. The average molecular weight is 465 g/mol. The number of carbonyl (C=O) groups excluding carboxylic acids is 2. The van der Waals surface area contributed by atoms with Crippen molar-refractivity contribution >= 4 is 18.0 Å². The molecule has 0 saturated carbocycles. The first-order chi connectivity index (χ1) is 16.3. The minimum atomic E-state index is -0.827. The van der Waals surface area contributed by atoms with Gasteiger partial charge in [0.2, 0.25) is 5.91 Å². The van der Waals surface area contributed by atoms with Crippen molar-refractivity contribution in [2.24, 2.45) is 17.8 Å². The Kier molecular flexibility index (Phi) is 7.20. The summed E-state index contributed by atoms with van der Waals surface area (Å²) in [5, 5.41) is 11.8. The molecule has 34 heavy (non-hydrogen) atoms. The smallest absolute Gasteiger partial charge is 0.407 e. The summed E-state index contributed by atoms with van der Waals surface area (Å²) in [4.78, 5) is 37.8. The van der Waals surface area contributed by atoms with E-state index in [9.17, 15) is 14.4 Å². The molecule has 2 aromatic rings. The Labute approximate surface area is 200 Å². The van der Waals surface area contributed by atoms with E-state index >= 15 is 0 Å². The largest absolute Gasteiger partial charge is 0.481 e. The number of carbonyl (C=O) groups is 3. The Morgan fingerprint density at radius 2 is 1.68 bits per heavy atom. The van der Waals surface area contributed by atoms with Crippen molar-refractivity contribution in [1.82, 2.24) is 10.2 Å². The summed E-state index contributed by atoms with van der Waals surface area (Å²) in [5.41, 5.74) is 4.69. The average Bonchev–Trinajstić information content (AvgIpc) is 3.33. The van der Waals surface area contributed by atoms with Gasteiger partial charge in [-0.2, -0.15) is 0 Å². The Hall–Kier alpha value is -3.35. The fraction of sp³-hybridized carbons (Fsp3) is 0.444. The highest BCUT2D eigenvalue weighted by atomic mass is 16.5. The Morgan fingerprint density at radius 1 is 1.06 bits per heavy atom. The lowest BCUT2D eigenvalue weighted by Gasteiger charge is -2.20. The summed E-state index contributed by atoms with van der Waals surface area (Å²) < 4.78 is 5.56. The van der Waals surface area contributed by atoms with Gasteiger partial charge in [-0.3, -0.25) is 9.59 Å². The second kappa shape index (κ2) is 10.3. The predicted molar refractivity (Wildman–Crippen MR) is 128 cm³/mol. The molecule has 7 nitrogen and oxygen atoms in total. The van der Waals surface area contributed by atoms with E-state index in [0.29, 0.717) is 26.1 Å². The third-order valence-electron chi connectivity index (χ3n) is 7.02. The van der Waals surface area contributed by atoms with Crippen LogP contribution in [0.25, 0.3) is 11.1 Å². The molecule has 2 aliphatic rings. The Balaban J connectivity index is 1.23. The van der Waals surface area contributed by atoms with E-state index in [-0.39, 0.29) is 42.6 Å². The van der Waals surface area contributed by atoms with Gasteiger partial charge in [-0.15, -0.1) is 0 Å². The number of nitrogens with one attached hydrogen (secondary N) is 1. The number of amides is 2. The molecule has 2 aromatic carbocycles. The van der Waals surface area contributed by atoms with E-state index in [0.717, 1.165) is 11.1 Å². The van der Waals surface area contributed by atoms with Crippen molar-refractivity contribution in [3.63, 3.8) is 0 Å². The molecule has 1 saturated heterocycles. The Morgan fingerprint density at radius 3 is 2.29 bits per heavy atom. The first-order valence-corrected chi connectivity index (χ1v) is 11.9. The van der Waals surface area contributed by atoms with Crippen molar-refractivity contribution in [3.8, 4) is 11.1 Å². The lowest BCUT2D eigenvalue weighted by atomic mass is 9.95. The molecule has 7 heteroatoms. The van der Waals surface area contributed by atoms with E-state index in [1.807, 2.05) is 38.1 Å². The van der Waals surface area contributed by atoms with Crippen molar-refractivity contribution in [2.75, 3.05) is 26.2 Å². The number of aliphatic carboxylic acids is 1. The molecule has 180 valence electrons. The molecule has 0 radical (unpaired) electrons. The molecule has 2 amide bonds. The van der Waals surface area contributed by atoms with Crippen LogP contribution in [0.3, 0.4) is 0 Å². The summed E-state index contributed by atoms with van der Waals surface area (Å²) >= 11 is 0. The fourth-order valence-electron chi connectivity index (χ4n) is 5.13. The van der Waals surface area contributed by atoms with Crippen LogP contribution in [0.4, 0.5) is 4.79 Å². The van der Waals surface area contributed by atoms with Gasteiger partial charge in [-0.25, -0.2) is 4.79 Å². The number of hydrogen-bond acceptors (Lipinski definition) is 4. The molecule has 0 aromatic heterocycles. The van der Waals surface area contributed by atoms with Crippen LogP contribution in [0.5, 0.6) is 0 Å². The maximum absolute atomic E-state index is 12.6. The zero-order valence-electron chi connectivity index (χ0n) is 19.7. The number of carboxylic acid groups (broad SMARTS) is 1. The van der Waals surface area contributed by atoms with Gasteiger partial charge >= 0.3 is 12.1 Å². The number of carboxylic acids is 1. The normalized spacial score (nSPS) is 19.9. The quantitative estimate of drug-likeness (QED) is 0.613. The minimum absolute atomic E-state index is 0.00146. The van der Waals surface area contributed by atoms with E-state index in [4.69, 9.17) is 9.84 Å². The molecule has 1 fully saturated rings. The standard InChI is InChI=1S/C27H32N2O5/c1-17(11-25(30)29-14-18(2)19(15-29)12-26(31)32)13-28-27(33)34-16-24-22-9-5-3-7-20(22)21-8-4-6-10-23(21)24/h3-10,17-19,24H,11-16H2,1-2H3,(H,28,33)(H,31,32). The molecule has 3 unspecified atom stereocenters. The third kappa shape index (κ3) is 5.24. The number of hydrogen-bond donors (Lipinski definition) is 2. The monoisotopic (exact) mass is 464 g/mol. The van der Waals surface area contributed by atoms with Gasteiger partial charge in [0.25, 0.3) is 0 Å². The lowest BCUT2D eigenvalue weighted by Crippen LogP contribution is -2.34. The van der Waals surface area contributed by atoms with E-state index in [1.54, 1.807) is 4.90 Å². The van der Waals surface area contributed by atoms with Crippen molar-refractivity contribution < 1.29 is 24.2 Å². The van der Waals surface area contributed by atoms with Crippen molar-refractivity contribution in [1.29, 1.82) is 0 Å². The van der Waals surface area contributed by atoms with Gasteiger partial charge in [0.1, 0.15) is 6.61 Å². The molecule has 1 heterocycles. The fourth-order valence-corrected chi connectivity index (χ4v) is 5.13. The van der Waals surface area contributed by atoms with E-state index in [1.165, 1.54) is 11.1 Å². The molecule has 3 atom stereocenters.